The first-order valence-corrected chi connectivity index (χ1v) is 6.80. The molecule has 0 aliphatic carbocycles. The highest BCUT2D eigenvalue weighted by molar-refractivity contribution is 9.11. The van der Waals surface area contributed by atoms with Crippen LogP contribution in [-0.4, -0.2) is 14.6 Å². The summed E-state index contributed by atoms with van der Waals surface area (Å²) in [6, 6.07) is 9.68. The number of halogens is 2. The maximum Gasteiger partial charge on any atom is 0.172 e. The van der Waals surface area contributed by atoms with Gasteiger partial charge in [0.1, 0.15) is 11.5 Å². The van der Waals surface area contributed by atoms with Crippen LogP contribution in [0.3, 0.4) is 0 Å². The van der Waals surface area contributed by atoms with Crippen LogP contribution in [0.4, 0.5) is 5.82 Å². The maximum absolute atomic E-state index is 5.68. The van der Waals surface area contributed by atoms with Crippen molar-refractivity contribution in [2.75, 3.05) is 5.73 Å². The van der Waals surface area contributed by atoms with Crippen LogP contribution in [0.25, 0.3) is 16.9 Å². The molecular formula is C12H8Br2N4. The number of hydrogen-bond donors (Lipinski definition) is 1. The van der Waals surface area contributed by atoms with E-state index in [1.54, 1.807) is 16.8 Å². The van der Waals surface area contributed by atoms with E-state index in [1.807, 2.05) is 24.3 Å². The smallest absolute Gasteiger partial charge is 0.172 e. The average Bonchev–Trinajstić information content (AvgIpc) is 2.68. The molecule has 0 radical (unpaired) electrons. The molecule has 3 rings (SSSR count). The predicted molar refractivity (Wildman–Crippen MR) is 78.2 cm³/mol. The van der Waals surface area contributed by atoms with Gasteiger partial charge in [-0.15, -0.1) is 0 Å². The van der Waals surface area contributed by atoms with E-state index in [9.17, 15) is 0 Å². The van der Waals surface area contributed by atoms with Crippen molar-refractivity contribution in [2.45, 2.75) is 0 Å². The summed E-state index contributed by atoms with van der Waals surface area (Å²) in [4.78, 5) is 4.26. The SMILES string of the molecule is Nc1ccn2nc(-c3ccc(Br)cc3)c(Br)c2n1. The minimum Gasteiger partial charge on any atom is -0.384 e. The van der Waals surface area contributed by atoms with Crippen molar-refractivity contribution in [1.29, 1.82) is 0 Å². The Bertz CT molecular complexity index is 719. The van der Waals surface area contributed by atoms with E-state index < -0.39 is 0 Å². The fourth-order valence-electron chi connectivity index (χ4n) is 1.71. The number of nitrogen functional groups attached to an aromatic ring is 1. The minimum absolute atomic E-state index is 0.477. The lowest BCUT2D eigenvalue weighted by Crippen LogP contribution is -1.94. The summed E-state index contributed by atoms with van der Waals surface area (Å²) in [6.45, 7) is 0. The molecule has 0 saturated heterocycles. The Labute approximate surface area is 120 Å². The second-order valence-electron chi connectivity index (χ2n) is 3.79. The third-order valence-corrected chi connectivity index (χ3v) is 3.83. The number of aromatic nitrogens is 3. The van der Waals surface area contributed by atoms with Gasteiger partial charge in [-0.1, -0.05) is 28.1 Å². The first kappa shape index (κ1) is 11.7. The lowest BCUT2D eigenvalue weighted by atomic mass is 10.2. The molecule has 0 fully saturated rings. The molecule has 0 spiro atoms. The van der Waals surface area contributed by atoms with Gasteiger partial charge in [0.25, 0.3) is 0 Å². The number of nitrogens with two attached hydrogens (primary N) is 1. The molecule has 0 aliphatic heterocycles. The van der Waals surface area contributed by atoms with Gasteiger partial charge in [0.2, 0.25) is 0 Å². The summed E-state index contributed by atoms with van der Waals surface area (Å²) in [5, 5.41) is 4.49. The van der Waals surface area contributed by atoms with E-state index in [1.165, 1.54) is 0 Å². The third kappa shape index (κ3) is 1.91. The molecule has 0 unspecified atom stereocenters. The van der Waals surface area contributed by atoms with E-state index in [2.05, 4.69) is 41.9 Å². The van der Waals surface area contributed by atoms with Crippen LogP contribution in [0.5, 0.6) is 0 Å². The van der Waals surface area contributed by atoms with Gasteiger partial charge in [0.15, 0.2) is 5.65 Å². The van der Waals surface area contributed by atoms with Gasteiger partial charge in [-0.2, -0.15) is 5.10 Å². The zero-order valence-electron chi connectivity index (χ0n) is 9.14. The van der Waals surface area contributed by atoms with Crippen LogP contribution in [0.2, 0.25) is 0 Å². The lowest BCUT2D eigenvalue weighted by Gasteiger charge is -1.97. The van der Waals surface area contributed by atoms with E-state index in [0.29, 0.717) is 11.5 Å². The zero-order chi connectivity index (χ0) is 12.7. The third-order valence-electron chi connectivity index (χ3n) is 2.57. The van der Waals surface area contributed by atoms with Gasteiger partial charge in [-0.25, -0.2) is 9.50 Å². The number of fused-ring (bicyclic) bond motifs is 1. The van der Waals surface area contributed by atoms with Gasteiger partial charge in [0.05, 0.1) is 4.47 Å². The molecule has 1 aromatic carbocycles. The minimum atomic E-state index is 0.477. The Morgan fingerprint density at radius 2 is 1.78 bits per heavy atom. The van der Waals surface area contributed by atoms with Gasteiger partial charge in [-0.05, 0) is 34.1 Å². The van der Waals surface area contributed by atoms with Gasteiger partial charge >= 0.3 is 0 Å². The molecule has 18 heavy (non-hydrogen) atoms. The van der Waals surface area contributed by atoms with Crippen molar-refractivity contribution in [3.63, 3.8) is 0 Å². The monoisotopic (exact) mass is 366 g/mol. The Kier molecular flexibility index (Phi) is 2.83. The molecule has 0 amide bonds. The highest BCUT2D eigenvalue weighted by Gasteiger charge is 2.13. The molecular weight excluding hydrogens is 360 g/mol. The Balaban J connectivity index is 2.23. The highest BCUT2D eigenvalue weighted by Crippen LogP contribution is 2.30. The molecule has 3 aromatic rings. The number of hydrogen-bond acceptors (Lipinski definition) is 3. The Morgan fingerprint density at radius 3 is 2.50 bits per heavy atom. The van der Waals surface area contributed by atoms with Gasteiger partial charge in [-0.3, -0.25) is 0 Å². The van der Waals surface area contributed by atoms with Crippen LogP contribution in [0.1, 0.15) is 0 Å². The molecule has 6 heteroatoms. The number of anilines is 1. The maximum atomic E-state index is 5.68. The summed E-state index contributed by atoms with van der Waals surface area (Å²) in [5.41, 5.74) is 8.27. The normalized spacial score (nSPS) is 11.0. The van der Waals surface area contributed by atoms with Crippen LogP contribution in [0.15, 0.2) is 45.5 Å². The van der Waals surface area contributed by atoms with Crippen molar-refractivity contribution >= 4 is 43.3 Å². The van der Waals surface area contributed by atoms with Gasteiger partial charge in [0, 0.05) is 16.2 Å². The largest absolute Gasteiger partial charge is 0.384 e. The second kappa shape index (κ2) is 4.37. The Morgan fingerprint density at radius 1 is 1.06 bits per heavy atom. The standard InChI is InChI=1S/C12H8Br2N4/c13-8-3-1-7(2-4-8)11-10(14)12-16-9(15)5-6-18(12)17-11/h1-6H,(H2,15,16). The summed E-state index contributed by atoms with van der Waals surface area (Å²) in [7, 11) is 0. The van der Waals surface area contributed by atoms with Crippen molar-refractivity contribution in [3.8, 4) is 11.3 Å². The highest BCUT2D eigenvalue weighted by atomic mass is 79.9. The molecule has 2 aromatic heterocycles. The van der Waals surface area contributed by atoms with Crippen LogP contribution in [0, 0.1) is 0 Å². The molecule has 4 nitrogen and oxygen atoms in total. The molecule has 0 atom stereocenters. The van der Waals surface area contributed by atoms with Crippen LogP contribution in [-0.2, 0) is 0 Å². The summed E-state index contributed by atoms with van der Waals surface area (Å²) in [6.07, 6.45) is 1.80. The van der Waals surface area contributed by atoms with Crippen molar-refractivity contribution in [1.82, 2.24) is 14.6 Å². The van der Waals surface area contributed by atoms with Crippen molar-refractivity contribution < 1.29 is 0 Å². The summed E-state index contributed by atoms with van der Waals surface area (Å²) in [5.74, 6) is 0.477. The topological polar surface area (TPSA) is 56.2 Å². The van der Waals surface area contributed by atoms with E-state index in [0.717, 1.165) is 20.2 Å². The van der Waals surface area contributed by atoms with Crippen molar-refractivity contribution in [3.05, 3.63) is 45.5 Å². The van der Waals surface area contributed by atoms with Crippen LogP contribution < -0.4 is 5.73 Å². The first-order valence-electron chi connectivity index (χ1n) is 5.21. The molecule has 0 saturated carbocycles. The molecule has 0 aliphatic rings. The number of nitrogens with zero attached hydrogens (tertiary/aromatic N) is 3. The quantitative estimate of drug-likeness (QED) is 0.716. The zero-order valence-corrected chi connectivity index (χ0v) is 12.3. The van der Waals surface area contributed by atoms with E-state index in [-0.39, 0.29) is 0 Å². The fraction of sp³-hybridized carbons (Fsp3) is 0. The predicted octanol–water partition coefficient (Wildman–Crippen LogP) is 3.50. The van der Waals surface area contributed by atoms with Crippen molar-refractivity contribution in [2.24, 2.45) is 0 Å². The lowest BCUT2D eigenvalue weighted by molar-refractivity contribution is 0.945. The van der Waals surface area contributed by atoms with Crippen LogP contribution >= 0.6 is 31.9 Å². The molecule has 0 bridgehead atoms. The molecule has 90 valence electrons. The van der Waals surface area contributed by atoms with Gasteiger partial charge < -0.3 is 5.73 Å². The molecule has 2 heterocycles. The average molecular weight is 368 g/mol. The number of benzene rings is 1. The first-order chi connectivity index (χ1) is 8.65. The van der Waals surface area contributed by atoms with E-state index >= 15 is 0 Å². The molecule has 2 N–H and O–H groups in total. The summed E-state index contributed by atoms with van der Waals surface area (Å²) < 4.78 is 3.59. The Hall–Kier alpha value is -1.40. The van der Waals surface area contributed by atoms with E-state index in [4.69, 9.17) is 5.73 Å². The number of rotatable bonds is 1. The second-order valence-corrected chi connectivity index (χ2v) is 5.50. The fourth-order valence-corrected chi connectivity index (χ4v) is 2.55. The summed E-state index contributed by atoms with van der Waals surface area (Å²) >= 11 is 6.94.